The molecule has 1 saturated heterocycles. The summed E-state index contributed by atoms with van der Waals surface area (Å²) in [6, 6.07) is -0.796. The second kappa shape index (κ2) is 6.18. The van der Waals surface area contributed by atoms with Gasteiger partial charge in [0.2, 0.25) is 0 Å². The predicted octanol–water partition coefficient (Wildman–Crippen LogP) is -3.04. The molecule has 6 N–H and O–H groups in total. The molecule has 0 radical (unpaired) electrons. The van der Waals surface area contributed by atoms with Crippen molar-refractivity contribution in [3.63, 3.8) is 0 Å². The molecule has 0 aliphatic carbocycles. The predicted molar refractivity (Wildman–Crippen MR) is 72.7 cm³/mol. The SMILES string of the molecule is Cc1cn([C@@H]2O[C@H](CO)[C@@H](N=CNN)[C@H]2O)c(=O)[nH]c1=O. The van der Waals surface area contributed by atoms with Crippen molar-refractivity contribution in [2.24, 2.45) is 10.8 Å². The zero-order valence-corrected chi connectivity index (χ0v) is 11.3. The minimum absolute atomic E-state index is 0.293. The lowest BCUT2D eigenvalue weighted by Gasteiger charge is -2.17. The number of hydrazine groups is 1. The average Bonchev–Trinajstić information content (AvgIpc) is 2.77. The van der Waals surface area contributed by atoms with Gasteiger partial charge in [0.05, 0.1) is 12.9 Å². The van der Waals surface area contributed by atoms with Gasteiger partial charge in [0.25, 0.3) is 5.56 Å². The monoisotopic (exact) mass is 299 g/mol. The van der Waals surface area contributed by atoms with Gasteiger partial charge in [-0.3, -0.25) is 19.3 Å². The highest BCUT2D eigenvalue weighted by Gasteiger charge is 2.44. The van der Waals surface area contributed by atoms with E-state index in [-0.39, 0.29) is 0 Å². The first-order valence-corrected chi connectivity index (χ1v) is 6.23. The van der Waals surface area contributed by atoms with Crippen LogP contribution in [0, 0.1) is 6.92 Å². The number of aliphatic imine (C=N–C) groups is 1. The van der Waals surface area contributed by atoms with Gasteiger partial charge in [-0.2, -0.15) is 0 Å². The molecule has 0 aromatic carbocycles. The van der Waals surface area contributed by atoms with Crippen molar-refractivity contribution in [2.45, 2.75) is 31.4 Å². The number of aromatic nitrogens is 2. The Labute approximate surface area is 118 Å². The van der Waals surface area contributed by atoms with E-state index in [1.165, 1.54) is 13.1 Å². The smallest absolute Gasteiger partial charge is 0.330 e. The fourth-order valence-corrected chi connectivity index (χ4v) is 2.20. The molecule has 0 bridgehead atoms. The maximum atomic E-state index is 11.8. The number of rotatable bonds is 4. The van der Waals surface area contributed by atoms with Crippen molar-refractivity contribution in [3.8, 4) is 0 Å². The Morgan fingerprint density at radius 2 is 2.33 bits per heavy atom. The molecule has 1 aromatic heterocycles. The summed E-state index contributed by atoms with van der Waals surface area (Å²) < 4.78 is 6.52. The van der Waals surface area contributed by atoms with Crippen LogP contribution >= 0.6 is 0 Å². The molecule has 1 fully saturated rings. The summed E-state index contributed by atoms with van der Waals surface area (Å²) in [6.45, 7) is 1.13. The molecule has 0 spiro atoms. The summed E-state index contributed by atoms with van der Waals surface area (Å²) in [7, 11) is 0. The van der Waals surface area contributed by atoms with Crippen molar-refractivity contribution in [3.05, 3.63) is 32.6 Å². The van der Waals surface area contributed by atoms with Crippen molar-refractivity contribution in [2.75, 3.05) is 6.61 Å². The summed E-state index contributed by atoms with van der Waals surface area (Å²) in [5.74, 6) is 5.07. The number of aliphatic hydroxyl groups is 2. The van der Waals surface area contributed by atoms with Gasteiger partial charge in [-0.15, -0.1) is 0 Å². The highest BCUT2D eigenvalue weighted by molar-refractivity contribution is 5.53. The van der Waals surface area contributed by atoms with E-state index in [1.54, 1.807) is 0 Å². The van der Waals surface area contributed by atoms with Crippen LogP contribution in [0.4, 0.5) is 0 Å². The first-order valence-electron chi connectivity index (χ1n) is 6.23. The lowest BCUT2D eigenvalue weighted by Crippen LogP contribution is -2.38. The number of aliphatic hydroxyl groups excluding tert-OH is 2. The van der Waals surface area contributed by atoms with Crippen LogP contribution in [0.5, 0.6) is 0 Å². The van der Waals surface area contributed by atoms with Crippen LogP contribution < -0.4 is 22.5 Å². The maximum absolute atomic E-state index is 11.8. The van der Waals surface area contributed by atoms with Crippen LogP contribution in [0.1, 0.15) is 11.8 Å². The number of hydrogen-bond acceptors (Lipinski definition) is 7. The van der Waals surface area contributed by atoms with Crippen LogP contribution in [0.25, 0.3) is 0 Å². The number of ether oxygens (including phenoxy) is 1. The fraction of sp³-hybridized carbons (Fsp3) is 0.545. The van der Waals surface area contributed by atoms with E-state index in [1.807, 2.05) is 0 Å². The van der Waals surface area contributed by atoms with Crippen LogP contribution in [0.15, 0.2) is 20.8 Å². The summed E-state index contributed by atoms with van der Waals surface area (Å²) in [6.07, 6.45) is -0.603. The maximum Gasteiger partial charge on any atom is 0.330 e. The zero-order valence-electron chi connectivity index (χ0n) is 11.3. The topological polar surface area (TPSA) is 155 Å². The summed E-state index contributed by atoms with van der Waals surface area (Å²) in [5.41, 5.74) is 1.25. The molecule has 1 aliphatic rings. The van der Waals surface area contributed by atoms with E-state index in [2.05, 4.69) is 15.4 Å². The first kappa shape index (κ1) is 15.4. The van der Waals surface area contributed by atoms with E-state index < -0.39 is 42.3 Å². The number of nitrogens with two attached hydrogens (primary N) is 1. The largest absolute Gasteiger partial charge is 0.394 e. The molecule has 4 atom stereocenters. The number of aromatic amines is 1. The highest BCUT2D eigenvalue weighted by Crippen LogP contribution is 2.30. The van der Waals surface area contributed by atoms with Crippen LogP contribution in [0.3, 0.4) is 0 Å². The van der Waals surface area contributed by atoms with Crippen LogP contribution in [-0.4, -0.2) is 51.0 Å². The molecule has 1 aliphatic heterocycles. The van der Waals surface area contributed by atoms with Crippen molar-refractivity contribution in [1.29, 1.82) is 0 Å². The zero-order chi connectivity index (χ0) is 15.6. The number of H-pyrrole nitrogens is 1. The van der Waals surface area contributed by atoms with E-state index in [9.17, 15) is 19.8 Å². The molecule has 1 aromatic rings. The molecule has 116 valence electrons. The van der Waals surface area contributed by atoms with Gasteiger partial charge in [0.1, 0.15) is 18.2 Å². The normalized spacial score (nSPS) is 29.1. The van der Waals surface area contributed by atoms with Crippen molar-refractivity contribution in [1.82, 2.24) is 15.0 Å². The molecular formula is C11H17N5O5. The molecule has 2 rings (SSSR count). The van der Waals surface area contributed by atoms with Gasteiger partial charge < -0.3 is 20.4 Å². The summed E-state index contributed by atoms with van der Waals surface area (Å²) >= 11 is 0. The van der Waals surface area contributed by atoms with Gasteiger partial charge in [0, 0.05) is 11.8 Å². The van der Waals surface area contributed by atoms with Crippen LogP contribution in [-0.2, 0) is 4.74 Å². The van der Waals surface area contributed by atoms with Gasteiger partial charge >= 0.3 is 5.69 Å². The first-order chi connectivity index (χ1) is 9.99. The third-order valence-electron chi connectivity index (χ3n) is 3.26. The van der Waals surface area contributed by atoms with E-state index in [0.717, 1.165) is 10.9 Å². The molecule has 2 heterocycles. The molecule has 10 nitrogen and oxygen atoms in total. The number of nitrogens with one attached hydrogen (secondary N) is 2. The van der Waals surface area contributed by atoms with Crippen molar-refractivity contribution < 1.29 is 14.9 Å². The van der Waals surface area contributed by atoms with Gasteiger partial charge in [-0.05, 0) is 6.92 Å². The molecule has 21 heavy (non-hydrogen) atoms. The minimum Gasteiger partial charge on any atom is -0.394 e. The number of nitrogens with zero attached hydrogens (tertiary/aromatic N) is 2. The fourth-order valence-electron chi connectivity index (χ4n) is 2.20. The molecular weight excluding hydrogens is 282 g/mol. The van der Waals surface area contributed by atoms with Gasteiger partial charge in [-0.25, -0.2) is 10.6 Å². The number of hydrogen-bond donors (Lipinski definition) is 5. The second-order valence-electron chi connectivity index (χ2n) is 4.65. The van der Waals surface area contributed by atoms with Crippen molar-refractivity contribution >= 4 is 6.34 Å². The van der Waals surface area contributed by atoms with E-state index in [0.29, 0.717) is 5.56 Å². The van der Waals surface area contributed by atoms with E-state index in [4.69, 9.17) is 10.6 Å². The quantitative estimate of drug-likeness (QED) is 0.171. The Bertz CT molecular complexity index is 639. The molecule has 10 heteroatoms. The third kappa shape index (κ3) is 2.88. The number of aryl methyl sites for hydroxylation is 1. The average molecular weight is 299 g/mol. The minimum atomic E-state index is -1.19. The lowest BCUT2D eigenvalue weighted by atomic mass is 10.1. The Kier molecular flexibility index (Phi) is 4.53. The highest BCUT2D eigenvalue weighted by atomic mass is 16.5. The Balaban J connectivity index is 2.37. The Morgan fingerprint density at radius 1 is 1.62 bits per heavy atom. The summed E-state index contributed by atoms with van der Waals surface area (Å²) in [5, 5.41) is 19.5. The van der Waals surface area contributed by atoms with E-state index >= 15 is 0 Å². The molecule has 0 amide bonds. The molecule has 0 unspecified atom stereocenters. The Hall–Kier alpha value is -2.01. The Morgan fingerprint density at radius 3 is 2.95 bits per heavy atom. The third-order valence-corrected chi connectivity index (χ3v) is 3.26. The van der Waals surface area contributed by atoms with Crippen LogP contribution in [0.2, 0.25) is 0 Å². The van der Waals surface area contributed by atoms with Gasteiger partial charge in [0.15, 0.2) is 6.23 Å². The standard InChI is InChI=1S/C11H17N5O5/c1-5-2-16(11(20)15-9(5)19)10-8(18)7(13-4-14-12)6(3-17)21-10/h2,4,6-8,10,17-18H,3,12H2,1H3,(H,13,14)(H,15,19,20)/t6-,7-,8-,10-/m1/s1. The second-order valence-corrected chi connectivity index (χ2v) is 4.65. The lowest BCUT2D eigenvalue weighted by molar-refractivity contribution is -0.0532. The molecule has 0 saturated carbocycles. The summed E-state index contributed by atoms with van der Waals surface area (Å²) in [4.78, 5) is 29.2. The van der Waals surface area contributed by atoms with Gasteiger partial charge in [-0.1, -0.05) is 0 Å².